The van der Waals surface area contributed by atoms with Crippen molar-refractivity contribution in [2.75, 3.05) is 5.32 Å². The fraction of sp³-hybridized carbons (Fsp3) is 0.400. The Hall–Kier alpha value is -3.16. The highest BCUT2D eigenvalue weighted by Gasteiger charge is 2.16. The van der Waals surface area contributed by atoms with Gasteiger partial charge in [-0.2, -0.15) is 0 Å². The van der Waals surface area contributed by atoms with Gasteiger partial charge in [-0.3, -0.25) is 18.7 Å². The predicted molar refractivity (Wildman–Crippen MR) is 107 cm³/mol. The molecule has 0 saturated heterocycles. The summed E-state index contributed by atoms with van der Waals surface area (Å²) in [6, 6.07) is 6.05. The molecule has 0 unspecified atom stereocenters. The maximum Gasteiger partial charge on any atom is 0.332 e. The molecular formula is C20H23N5O3. The molecule has 2 heterocycles. The minimum Gasteiger partial charge on any atom is -0.326 e. The van der Waals surface area contributed by atoms with Crippen molar-refractivity contribution in [1.29, 1.82) is 0 Å². The van der Waals surface area contributed by atoms with Crippen molar-refractivity contribution < 1.29 is 4.79 Å². The van der Waals surface area contributed by atoms with Gasteiger partial charge in [-0.25, -0.2) is 9.78 Å². The number of imidazole rings is 1. The molecule has 0 radical (unpaired) electrons. The van der Waals surface area contributed by atoms with Gasteiger partial charge >= 0.3 is 5.69 Å². The van der Waals surface area contributed by atoms with Gasteiger partial charge in [-0.05, 0) is 42.9 Å². The number of hydrogen-bond acceptors (Lipinski definition) is 4. The second-order valence-corrected chi connectivity index (χ2v) is 7.26. The standard InChI is InChI=1S/C20H23N5O3/c1-23-18-17(19(27)24(2)20(23)28)25(12-21-18)11-10-16(26)22-15-9-5-7-13-6-3-4-8-14(13)15/h5,7,9,12H,3-4,6,8,10-11H2,1-2H3,(H,22,26). The molecule has 2 aromatic heterocycles. The molecule has 146 valence electrons. The van der Waals surface area contributed by atoms with Gasteiger partial charge in [-0.15, -0.1) is 0 Å². The van der Waals surface area contributed by atoms with Crippen LogP contribution in [-0.2, 0) is 38.3 Å². The topological polar surface area (TPSA) is 90.9 Å². The van der Waals surface area contributed by atoms with E-state index in [0.717, 1.165) is 29.5 Å². The summed E-state index contributed by atoms with van der Waals surface area (Å²) in [6.45, 7) is 0.310. The van der Waals surface area contributed by atoms with E-state index < -0.39 is 11.2 Å². The first kappa shape index (κ1) is 18.2. The molecule has 0 aliphatic heterocycles. The third-order valence-electron chi connectivity index (χ3n) is 5.47. The van der Waals surface area contributed by atoms with Gasteiger partial charge < -0.3 is 9.88 Å². The van der Waals surface area contributed by atoms with Gasteiger partial charge in [0.15, 0.2) is 11.2 Å². The van der Waals surface area contributed by atoms with Crippen LogP contribution in [0.5, 0.6) is 0 Å². The molecule has 28 heavy (non-hydrogen) atoms. The van der Waals surface area contributed by atoms with E-state index in [9.17, 15) is 14.4 Å². The molecule has 1 aromatic carbocycles. The van der Waals surface area contributed by atoms with Crippen LogP contribution in [0.25, 0.3) is 11.2 Å². The monoisotopic (exact) mass is 381 g/mol. The second kappa shape index (κ2) is 7.10. The van der Waals surface area contributed by atoms with Crippen molar-refractivity contribution in [3.63, 3.8) is 0 Å². The van der Waals surface area contributed by atoms with Crippen molar-refractivity contribution >= 4 is 22.8 Å². The third kappa shape index (κ3) is 3.04. The van der Waals surface area contributed by atoms with E-state index in [1.54, 1.807) is 11.6 Å². The highest BCUT2D eigenvalue weighted by molar-refractivity contribution is 5.91. The minimum atomic E-state index is -0.422. The lowest BCUT2D eigenvalue weighted by Gasteiger charge is -2.19. The number of carbonyl (C=O) groups is 1. The lowest BCUT2D eigenvalue weighted by atomic mass is 9.90. The number of nitrogens with zero attached hydrogens (tertiary/aromatic N) is 4. The number of carbonyl (C=O) groups excluding carboxylic acids is 1. The SMILES string of the molecule is Cn1c(=O)c2c(ncn2CCC(=O)Nc2cccc3c2CCCC3)n(C)c1=O. The summed E-state index contributed by atoms with van der Waals surface area (Å²) in [4.78, 5) is 41.2. The summed E-state index contributed by atoms with van der Waals surface area (Å²) in [5, 5.41) is 3.02. The summed E-state index contributed by atoms with van der Waals surface area (Å²) < 4.78 is 4.03. The third-order valence-corrected chi connectivity index (χ3v) is 5.47. The zero-order chi connectivity index (χ0) is 19.8. The van der Waals surface area contributed by atoms with Gasteiger partial charge in [0.25, 0.3) is 5.56 Å². The molecule has 0 saturated carbocycles. The van der Waals surface area contributed by atoms with E-state index in [1.165, 1.54) is 35.5 Å². The van der Waals surface area contributed by atoms with Gasteiger partial charge in [0.2, 0.25) is 5.91 Å². The molecule has 0 spiro atoms. The van der Waals surface area contributed by atoms with E-state index >= 15 is 0 Å². The Kier molecular flexibility index (Phi) is 4.62. The fourth-order valence-corrected chi connectivity index (χ4v) is 3.90. The molecule has 1 amide bonds. The van der Waals surface area contributed by atoms with E-state index in [-0.39, 0.29) is 12.3 Å². The molecule has 8 heteroatoms. The number of nitrogens with one attached hydrogen (secondary N) is 1. The first-order valence-electron chi connectivity index (χ1n) is 9.49. The molecule has 4 rings (SSSR count). The van der Waals surface area contributed by atoms with Crippen molar-refractivity contribution in [2.45, 2.75) is 38.6 Å². The fourth-order valence-electron chi connectivity index (χ4n) is 3.90. The highest BCUT2D eigenvalue weighted by atomic mass is 16.2. The molecule has 0 fully saturated rings. The Morgan fingerprint density at radius 3 is 2.75 bits per heavy atom. The van der Waals surface area contributed by atoms with Crippen LogP contribution in [0.3, 0.4) is 0 Å². The highest BCUT2D eigenvalue weighted by Crippen LogP contribution is 2.27. The molecule has 0 bridgehead atoms. The number of rotatable bonds is 4. The largest absolute Gasteiger partial charge is 0.332 e. The lowest BCUT2D eigenvalue weighted by Crippen LogP contribution is -2.37. The molecular weight excluding hydrogens is 358 g/mol. The minimum absolute atomic E-state index is 0.109. The van der Waals surface area contributed by atoms with Gasteiger partial charge in [0, 0.05) is 32.7 Å². The maximum absolute atomic E-state index is 12.5. The number of aryl methyl sites for hydroxylation is 3. The smallest absolute Gasteiger partial charge is 0.326 e. The van der Waals surface area contributed by atoms with Crippen LogP contribution < -0.4 is 16.6 Å². The molecule has 0 atom stereocenters. The van der Waals surface area contributed by atoms with Crippen LogP contribution in [0.1, 0.15) is 30.4 Å². The first-order valence-corrected chi connectivity index (χ1v) is 9.49. The summed E-state index contributed by atoms with van der Waals surface area (Å²) in [5.74, 6) is -0.109. The van der Waals surface area contributed by atoms with E-state index in [2.05, 4.69) is 16.4 Å². The Labute approximate surface area is 161 Å². The number of amides is 1. The van der Waals surface area contributed by atoms with E-state index in [0.29, 0.717) is 17.7 Å². The number of benzene rings is 1. The Morgan fingerprint density at radius 2 is 1.93 bits per heavy atom. The van der Waals surface area contributed by atoms with Gasteiger partial charge in [0.05, 0.1) is 6.33 Å². The summed E-state index contributed by atoms with van der Waals surface area (Å²) in [7, 11) is 3.01. The molecule has 3 aromatic rings. The van der Waals surface area contributed by atoms with Crippen molar-refractivity contribution in [2.24, 2.45) is 14.1 Å². The predicted octanol–water partition coefficient (Wildman–Crippen LogP) is 1.34. The normalized spacial score (nSPS) is 13.5. The number of anilines is 1. The Bertz CT molecular complexity index is 1180. The summed E-state index contributed by atoms with van der Waals surface area (Å²) in [5.41, 5.74) is 3.26. The van der Waals surface area contributed by atoms with Crippen LogP contribution in [0.15, 0.2) is 34.1 Å². The summed E-state index contributed by atoms with van der Waals surface area (Å²) >= 11 is 0. The zero-order valence-electron chi connectivity index (χ0n) is 16.1. The van der Waals surface area contributed by atoms with Crippen LogP contribution in [0.2, 0.25) is 0 Å². The van der Waals surface area contributed by atoms with Crippen LogP contribution in [0, 0.1) is 0 Å². The van der Waals surface area contributed by atoms with Gasteiger partial charge in [-0.1, -0.05) is 12.1 Å². The average Bonchev–Trinajstić information content (AvgIpc) is 3.13. The summed E-state index contributed by atoms with van der Waals surface area (Å²) in [6.07, 6.45) is 6.09. The number of aromatic nitrogens is 4. The van der Waals surface area contributed by atoms with Gasteiger partial charge in [0.1, 0.15) is 0 Å². The molecule has 8 nitrogen and oxygen atoms in total. The van der Waals surface area contributed by atoms with Crippen molar-refractivity contribution in [3.8, 4) is 0 Å². The van der Waals surface area contributed by atoms with Crippen LogP contribution in [0.4, 0.5) is 5.69 Å². The lowest BCUT2D eigenvalue weighted by molar-refractivity contribution is -0.116. The van der Waals surface area contributed by atoms with Crippen LogP contribution in [-0.4, -0.2) is 24.6 Å². The average molecular weight is 381 g/mol. The maximum atomic E-state index is 12.5. The Balaban J connectivity index is 1.54. The second-order valence-electron chi connectivity index (χ2n) is 7.26. The number of fused-ring (bicyclic) bond motifs is 2. The Morgan fingerprint density at radius 1 is 1.14 bits per heavy atom. The van der Waals surface area contributed by atoms with Crippen LogP contribution >= 0.6 is 0 Å². The van der Waals surface area contributed by atoms with Crippen molar-refractivity contribution in [1.82, 2.24) is 18.7 Å². The molecule has 1 aliphatic carbocycles. The van der Waals surface area contributed by atoms with E-state index in [1.807, 2.05) is 12.1 Å². The molecule has 1 N–H and O–H groups in total. The zero-order valence-corrected chi connectivity index (χ0v) is 16.1. The quantitative estimate of drug-likeness (QED) is 0.738. The van der Waals surface area contributed by atoms with E-state index in [4.69, 9.17) is 0 Å². The number of hydrogen-bond donors (Lipinski definition) is 1. The first-order chi connectivity index (χ1) is 13.5. The van der Waals surface area contributed by atoms with Crippen molar-refractivity contribution in [3.05, 3.63) is 56.5 Å². The molecule has 1 aliphatic rings.